The zero-order valence-electron chi connectivity index (χ0n) is 19.7. The van der Waals surface area contributed by atoms with Crippen LogP contribution in [0.3, 0.4) is 0 Å². The van der Waals surface area contributed by atoms with Crippen molar-refractivity contribution in [1.29, 1.82) is 0 Å². The van der Waals surface area contributed by atoms with Crippen molar-refractivity contribution >= 4 is 27.5 Å². The van der Waals surface area contributed by atoms with Crippen molar-refractivity contribution in [1.82, 2.24) is 14.5 Å². The smallest absolute Gasteiger partial charge is 0.262 e. The fourth-order valence-corrected chi connectivity index (χ4v) is 5.09. The van der Waals surface area contributed by atoms with Crippen LogP contribution in [-0.4, -0.2) is 36.5 Å². The van der Waals surface area contributed by atoms with Gasteiger partial charge in [-0.3, -0.25) is 14.5 Å². The summed E-state index contributed by atoms with van der Waals surface area (Å²) in [5.74, 6) is 0.0651. The number of nitrogens with zero attached hydrogens (tertiary/aromatic N) is 3. The van der Waals surface area contributed by atoms with E-state index in [2.05, 4.69) is 15.0 Å². The van der Waals surface area contributed by atoms with Crippen LogP contribution in [0.25, 0.3) is 16.9 Å². The van der Waals surface area contributed by atoms with E-state index in [1.54, 1.807) is 23.0 Å². The second-order valence-corrected chi connectivity index (χ2v) is 10.2. The van der Waals surface area contributed by atoms with E-state index in [1.165, 1.54) is 12.1 Å². The normalized spacial score (nSPS) is 13.3. The maximum absolute atomic E-state index is 13.4. The number of anilines is 1. The molecule has 1 aromatic heterocycles. The lowest BCUT2D eigenvalue weighted by Crippen LogP contribution is -2.29. The molecule has 0 fully saturated rings. The Balaban J connectivity index is 1.45. The highest BCUT2D eigenvalue weighted by molar-refractivity contribution is 7.90. The van der Waals surface area contributed by atoms with Crippen LogP contribution < -0.4 is 10.0 Å². The maximum Gasteiger partial charge on any atom is 0.262 e. The van der Waals surface area contributed by atoms with Gasteiger partial charge in [0.15, 0.2) is 0 Å². The molecule has 2 N–H and O–H groups in total. The molecule has 3 aromatic carbocycles. The summed E-state index contributed by atoms with van der Waals surface area (Å²) in [6, 6.07) is 23.5. The quantitative estimate of drug-likeness (QED) is 0.405. The van der Waals surface area contributed by atoms with E-state index in [9.17, 15) is 13.2 Å². The third-order valence-electron chi connectivity index (χ3n) is 5.83. The average Bonchev–Trinajstić information content (AvgIpc) is 3.55. The summed E-state index contributed by atoms with van der Waals surface area (Å²) in [4.78, 5) is 17.6. The van der Waals surface area contributed by atoms with Crippen molar-refractivity contribution in [2.75, 3.05) is 11.9 Å². The minimum absolute atomic E-state index is 0.0496. The van der Waals surface area contributed by atoms with Crippen molar-refractivity contribution < 1.29 is 13.2 Å². The second kappa shape index (κ2) is 9.79. The molecule has 182 valence electrons. The van der Waals surface area contributed by atoms with E-state index in [0.29, 0.717) is 35.7 Å². The molecule has 1 aliphatic heterocycles. The number of amidine groups is 1. The van der Waals surface area contributed by atoms with Gasteiger partial charge in [-0.05, 0) is 43.7 Å². The Morgan fingerprint density at radius 2 is 1.75 bits per heavy atom. The number of benzene rings is 3. The van der Waals surface area contributed by atoms with Crippen molar-refractivity contribution in [3.63, 3.8) is 0 Å². The van der Waals surface area contributed by atoms with Crippen molar-refractivity contribution in [2.24, 2.45) is 4.99 Å². The van der Waals surface area contributed by atoms with Gasteiger partial charge in [-0.25, -0.2) is 13.1 Å². The van der Waals surface area contributed by atoms with Crippen LogP contribution in [0, 0.1) is 6.92 Å². The summed E-state index contributed by atoms with van der Waals surface area (Å²) >= 11 is 0. The van der Waals surface area contributed by atoms with Crippen molar-refractivity contribution in [3.8, 4) is 16.9 Å². The van der Waals surface area contributed by atoms with Crippen molar-refractivity contribution in [3.05, 3.63) is 96.2 Å². The monoisotopic (exact) mass is 499 g/mol. The molecule has 8 nitrogen and oxygen atoms in total. The van der Waals surface area contributed by atoms with Gasteiger partial charge < -0.3 is 5.32 Å². The fourth-order valence-electron chi connectivity index (χ4n) is 3.96. The molecule has 36 heavy (non-hydrogen) atoms. The Bertz CT molecular complexity index is 1540. The lowest BCUT2D eigenvalue weighted by atomic mass is 10.1. The van der Waals surface area contributed by atoms with Crippen molar-refractivity contribution in [2.45, 2.75) is 24.7 Å². The molecule has 0 saturated heterocycles. The van der Waals surface area contributed by atoms with Gasteiger partial charge in [-0.15, -0.1) is 0 Å². The van der Waals surface area contributed by atoms with Crippen LogP contribution in [0.15, 0.2) is 94.9 Å². The summed E-state index contributed by atoms with van der Waals surface area (Å²) in [5.41, 5.74) is 4.00. The summed E-state index contributed by atoms with van der Waals surface area (Å²) in [6.45, 7) is 2.63. The Morgan fingerprint density at radius 1 is 0.972 bits per heavy atom. The number of carbonyl (C=O) groups is 1. The number of hydrogen-bond donors (Lipinski definition) is 2. The summed E-state index contributed by atoms with van der Waals surface area (Å²) in [5, 5.41) is 7.53. The molecule has 9 heteroatoms. The van der Waals surface area contributed by atoms with Crippen LogP contribution in [0.2, 0.25) is 0 Å². The SMILES string of the molecule is Cc1ccc(-n2cc(C(=O)Nc3cccc(S(=O)(=O)NC4=NCCC4)c3)c(-c3ccccc3)n2)cc1. The average molecular weight is 500 g/mol. The van der Waals surface area contributed by atoms with E-state index in [1.807, 2.05) is 61.5 Å². The van der Waals surface area contributed by atoms with E-state index < -0.39 is 15.9 Å². The van der Waals surface area contributed by atoms with Crippen LogP contribution in [0.1, 0.15) is 28.8 Å². The number of amides is 1. The molecule has 1 aliphatic rings. The molecular weight excluding hydrogens is 474 g/mol. The van der Waals surface area contributed by atoms with E-state index in [-0.39, 0.29) is 4.90 Å². The lowest BCUT2D eigenvalue weighted by molar-refractivity contribution is 0.102. The van der Waals surface area contributed by atoms with Gasteiger partial charge in [-0.1, -0.05) is 54.1 Å². The molecule has 4 aromatic rings. The lowest BCUT2D eigenvalue weighted by Gasteiger charge is -2.10. The highest BCUT2D eigenvalue weighted by Crippen LogP contribution is 2.25. The van der Waals surface area contributed by atoms with Crippen LogP contribution in [0.4, 0.5) is 5.69 Å². The summed E-state index contributed by atoms with van der Waals surface area (Å²) < 4.78 is 29.8. The van der Waals surface area contributed by atoms with Gasteiger partial charge in [-0.2, -0.15) is 5.10 Å². The Hall–Kier alpha value is -4.24. The van der Waals surface area contributed by atoms with Crippen LogP contribution in [-0.2, 0) is 10.0 Å². The fraction of sp³-hybridized carbons (Fsp3) is 0.148. The predicted molar refractivity (Wildman–Crippen MR) is 140 cm³/mol. The molecule has 0 aliphatic carbocycles. The number of aliphatic imine (C=N–C) groups is 1. The zero-order chi connectivity index (χ0) is 25.1. The standard InChI is InChI=1S/C27H25N5O3S/c1-19-12-14-22(15-13-19)32-18-24(26(30-32)20-7-3-2-4-8-20)27(33)29-21-9-5-10-23(17-21)36(34,35)31-25-11-6-16-28-25/h2-5,7-10,12-15,17-18H,6,11,16H2,1H3,(H,28,31)(H,29,33). The topological polar surface area (TPSA) is 105 Å². The highest BCUT2D eigenvalue weighted by Gasteiger charge is 2.21. The van der Waals surface area contributed by atoms with E-state index >= 15 is 0 Å². The summed E-state index contributed by atoms with van der Waals surface area (Å²) in [6.07, 6.45) is 3.11. The second-order valence-electron chi connectivity index (χ2n) is 8.56. The Kier molecular flexibility index (Phi) is 6.39. The van der Waals surface area contributed by atoms with Gasteiger partial charge >= 0.3 is 0 Å². The number of sulfonamides is 1. The molecule has 0 atom stereocenters. The molecule has 0 saturated carbocycles. The predicted octanol–water partition coefficient (Wildman–Crippen LogP) is 4.57. The van der Waals surface area contributed by atoms with Gasteiger partial charge in [0.05, 0.1) is 16.1 Å². The first-order valence-corrected chi connectivity index (χ1v) is 13.1. The molecular formula is C27H25N5O3S. The first-order chi connectivity index (χ1) is 17.4. The number of nitrogens with one attached hydrogen (secondary N) is 2. The maximum atomic E-state index is 13.4. The Morgan fingerprint density at radius 3 is 2.47 bits per heavy atom. The third-order valence-corrected chi connectivity index (χ3v) is 7.21. The van der Waals surface area contributed by atoms with Crippen LogP contribution in [0.5, 0.6) is 0 Å². The number of hydrogen-bond acceptors (Lipinski definition) is 5. The van der Waals surface area contributed by atoms with E-state index in [0.717, 1.165) is 23.2 Å². The summed E-state index contributed by atoms with van der Waals surface area (Å²) in [7, 11) is -3.80. The molecule has 0 bridgehead atoms. The number of carbonyl (C=O) groups excluding carboxylic acids is 1. The first kappa shape index (κ1) is 23.5. The van der Waals surface area contributed by atoms with Gasteiger partial charge in [0, 0.05) is 30.4 Å². The van der Waals surface area contributed by atoms with Crippen LogP contribution >= 0.6 is 0 Å². The van der Waals surface area contributed by atoms with E-state index in [4.69, 9.17) is 5.10 Å². The first-order valence-electron chi connectivity index (χ1n) is 11.6. The van der Waals surface area contributed by atoms with Gasteiger partial charge in [0.2, 0.25) is 0 Å². The molecule has 2 heterocycles. The number of aryl methyl sites for hydroxylation is 1. The number of rotatable bonds is 6. The minimum Gasteiger partial charge on any atom is -0.322 e. The molecule has 0 unspecified atom stereocenters. The third kappa shape index (κ3) is 5.06. The molecule has 1 amide bonds. The molecule has 0 radical (unpaired) electrons. The highest BCUT2D eigenvalue weighted by atomic mass is 32.2. The largest absolute Gasteiger partial charge is 0.322 e. The Labute approximate surface area is 209 Å². The minimum atomic E-state index is -3.80. The molecule has 0 spiro atoms. The zero-order valence-corrected chi connectivity index (χ0v) is 20.5. The van der Waals surface area contributed by atoms with Gasteiger partial charge in [0.25, 0.3) is 15.9 Å². The number of aromatic nitrogens is 2. The van der Waals surface area contributed by atoms with Gasteiger partial charge in [0.1, 0.15) is 11.5 Å². The molecule has 5 rings (SSSR count).